The molecule has 4 heterocycles. The van der Waals surface area contributed by atoms with Crippen LogP contribution in [0.3, 0.4) is 0 Å². The summed E-state index contributed by atoms with van der Waals surface area (Å²) in [5.41, 5.74) is 6.60. The number of hydrogen-bond acceptors (Lipinski definition) is 6. The summed E-state index contributed by atoms with van der Waals surface area (Å²) < 4.78 is 0. The summed E-state index contributed by atoms with van der Waals surface area (Å²) in [5.74, 6) is 1.61. The quantitative estimate of drug-likeness (QED) is 0.764. The monoisotopic (exact) mass is 330 g/mol. The van der Waals surface area contributed by atoms with Gasteiger partial charge in [0.25, 0.3) is 0 Å². The molecule has 24 heavy (non-hydrogen) atoms. The van der Waals surface area contributed by atoms with E-state index in [0.717, 1.165) is 51.5 Å². The normalized spacial score (nSPS) is 31.1. The third-order valence-corrected chi connectivity index (χ3v) is 5.54. The highest BCUT2D eigenvalue weighted by Crippen LogP contribution is 2.25. The van der Waals surface area contributed by atoms with Crippen molar-refractivity contribution in [2.45, 2.75) is 18.5 Å². The van der Waals surface area contributed by atoms with Crippen LogP contribution < -0.4 is 15.8 Å². The van der Waals surface area contributed by atoms with E-state index in [1.165, 1.54) is 0 Å². The molecule has 3 atom stereocenters. The van der Waals surface area contributed by atoms with Crippen molar-refractivity contribution >= 4 is 11.7 Å². The summed E-state index contributed by atoms with van der Waals surface area (Å²) >= 11 is 0. The van der Waals surface area contributed by atoms with Gasteiger partial charge in [-0.1, -0.05) is 6.07 Å². The van der Waals surface area contributed by atoms with Gasteiger partial charge >= 0.3 is 0 Å². The van der Waals surface area contributed by atoms with Crippen molar-refractivity contribution in [3.63, 3.8) is 0 Å². The number of piperazine rings is 1. The van der Waals surface area contributed by atoms with E-state index in [1.807, 2.05) is 29.3 Å². The Labute approximate surface area is 143 Å². The number of anilines is 1. The fraction of sp³-hybridized carbons (Fsp3) is 0.647. The molecule has 0 aliphatic carbocycles. The summed E-state index contributed by atoms with van der Waals surface area (Å²) in [6.45, 7) is 5.30. The average molecular weight is 330 g/mol. The van der Waals surface area contributed by atoms with Gasteiger partial charge in [-0.2, -0.15) is 0 Å². The van der Waals surface area contributed by atoms with E-state index >= 15 is 0 Å². The van der Waals surface area contributed by atoms with E-state index in [4.69, 9.17) is 0 Å². The van der Waals surface area contributed by atoms with Gasteiger partial charge < -0.3 is 14.7 Å². The maximum absolute atomic E-state index is 13.0. The Balaban J connectivity index is 1.36. The van der Waals surface area contributed by atoms with Crippen LogP contribution in [0.5, 0.6) is 0 Å². The lowest BCUT2D eigenvalue weighted by atomic mass is 9.88. The number of hydrazine groups is 1. The Morgan fingerprint density at radius 1 is 1.17 bits per heavy atom. The fourth-order valence-corrected chi connectivity index (χ4v) is 4.11. The van der Waals surface area contributed by atoms with Gasteiger partial charge in [0.2, 0.25) is 5.91 Å². The van der Waals surface area contributed by atoms with Gasteiger partial charge in [0.15, 0.2) is 0 Å². The molecule has 3 aliphatic heterocycles. The number of carbonyl (C=O) groups is 1. The van der Waals surface area contributed by atoms with Crippen LogP contribution >= 0.6 is 0 Å². The average Bonchev–Trinajstić information content (AvgIpc) is 3.05. The number of rotatable bonds is 2. The topological polar surface area (TPSA) is 63.7 Å². The minimum Gasteiger partial charge on any atom is -0.353 e. The lowest BCUT2D eigenvalue weighted by Gasteiger charge is -2.38. The van der Waals surface area contributed by atoms with Crippen LogP contribution in [0.4, 0.5) is 5.82 Å². The van der Waals surface area contributed by atoms with E-state index in [9.17, 15) is 4.79 Å². The molecule has 3 saturated heterocycles. The summed E-state index contributed by atoms with van der Waals surface area (Å²) in [7, 11) is 2.14. The van der Waals surface area contributed by atoms with E-state index in [1.54, 1.807) is 0 Å². The van der Waals surface area contributed by atoms with Gasteiger partial charge in [0, 0.05) is 50.9 Å². The number of carbonyl (C=O) groups excluding carboxylic acids is 1. The number of fused-ring (bicyclic) bond motifs is 1. The molecule has 130 valence electrons. The van der Waals surface area contributed by atoms with Gasteiger partial charge in [0.05, 0.1) is 0 Å². The number of amides is 1. The first-order valence-electron chi connectivity index (χ1n) is 8.87. The van der Waals surface area contributed by atoms with E-state index < -0.39 is 0 Å². The second-order valence-corrected chi connectivity index (χ2v) is 7.09. The molecule has 1 aromatic heterocycles. The Hall–Kier alpha value is -1.70. The van der Waals surface area contributed by atoms with Crippen LogP contribution in [-0.2, 0) is 4.79 Å². The summed E-state index contributed by atoms with van der Waals surface area (Å²) in [6.07, 6.45) is 2.92. The number of nitrogens with zero attached hydrogens (tertiary/aromatic N) is 4. The Kier molecular flexibility index (Phi) is 4.39. The van der Waals surface area contributed by atoms with Gasteiger partial charge in [-0.3, -0.25) is 10.2 Å². The first kappa shape index (κ1) is 15.8. The molecule has 0 saturated carbocycles. The van der Waals surface area contributed by atoms with Crippen molar-refractivity contribution in [3.05, 3.63) is 24.4 Å². The molecule has 3 aliphatic rings. The van der Waals surface area contributed by atoms with E-state index in [-0.39, 0.29) is 11.9 Å². The minimum atomic E-state index is -0.0980. The molecule has 3 unspecified atom stereocenters. The van der Waals surface area contributed by atoms with Crippen LogP contribution in [0.2, 0.25) is 0 Å². The highest BCUT2D eigenvalue weighted by atomic mass is 16.2. The Morgan fingerprint density at radius 2 is 2.00 bits per heavy atom. The first-order valence-corrected chi connectivity index (χ1v) is 8.87. The Bertz CT molecular complexity index is 574. The van der Waals surface area contributed by atoms with Crippen LogP contribution in [0.25, 0.3) is 0 Å². The van der Waals surface area contributed by atoms with Crippen LogP contribution in [0.1, 0.15) is 6.42 Å². The number of aromatic nitrogens is 1. The predicted molar refractivity (Wildman–Crippen MR) is 92.5 cm³/mol. The van der Waals surface area contributed by atoms with E-state index in [2.05, 4.69) is 32.7 Å². The summed E-state index contributed by atoms with van der Waals surface area (Å²) in [6, 6.07) is 6.29. The first-order chi connectivity index (χ1) is 11.7. The van der Waals surface area contributed by atoms with Gasteiger partial charge in [-0.25, -0.2) is 10.4 Å². The lowest BCUT2D eigenvalue weighted by molar-refractivity contribution is -0.134. The van der Waals surface area contributed by atoms with Crippen LogP contribution in [0, 0.1) is 5.92 Å². The zero-order chi connectivity index (χ0) is 16.5. The van der Waals surface area contributed by atoms with Crippen molar-refractivity contribution in [3.8, 4) is 0 Å². The van der Waals surface area contributed by atoms with Crippen molar-refractivity contribution in [1.82, 2.24) is 25.6 Å². The summed E-state index contributed by atoms with van der Waals surface area (Å²) in [5, 5.41) is 0. The highest BCUT2D eigenvalue weighted by molar-refractivity contribution is 5.83. The van der Waals surface area contributed by atoms with Crippen molar-refractivity contribution in [1.29, 1.82) is 0 Å². The van der Waals surface area contributed by atoms with Crippen molar-refractivity contribution < 1.29 is 4.79 Å². The van der Waals surface area contributed by atoms with Crippen LogP contribution in [0.15, 0.2) is 24.4 Å². The fourth-order valence-electron chi connectivity index (χ4n) is 4.11. The molecule has 0 bridgehead atoms. The highest BCUT2D eigenvalue weighted by Gasteiger charge is 2.44. The summed E-state index contributed by atoms with van der Waals surface area (Å²) in [4.78, 5) is 24.0. The molecule has 2 N–H and O–H groups in total. The molecule has 7 nitrogen and oxygen atoms in total. The number of piperidine rings is 1. The number of likely N-dealkylation sites (tertiary alicyclic amines) is 1. The second-order valence-electron chi connectivity index (χ2n) is 7.09. The predicted octanol–water partition coefficient (Wildman–Crippen LogP) is -0.473. The zero-order valence-electron chi connectivity index (χ0n) is 14.2. The molecule has 0 radical (unpaired) electrons. The zero-order valence-corrected chi connectivity index (χ0v) is 14.2. The SMILES string of the molecule is CN1CCC2NNC(C(=O)N3CCN(c4ccccn4)CC3)C2C1. The van der Waals surface area contributed by atoms with Gasteiger partial charge in [-0.15, -0.1) is 0 Å². The number of hydrogen-bond donors (Lipinski definition) is 2. The largest absolute Gasteiger partial charge is 0.353 e. The molecule has 7 heteroatoms. The molecule has 0 spiro atoms. The van der Waals surface area contributed by atoms with Crippen molar-refractivity contribution in [2.24, 2.45) is 5.92 Å². The molecule has 3 fully saturated rings. The third-order valence-electron chi connectivity index (χ3n) is 5.54. The Morgan fingerprint density at radius 3 is 2.75 bits per heavy atom. The number of nitrogens with one attached hydrogen (secondary N) is 2. The standard InChI is InChI=1S/C17H26N6O/c1-21-7-5-14-13(12-21)16(20-19-14)17(24)23-10-8-22(9-11-23)15-4-2-3-6-18-15/h2-4,6,13-14,16,19-20H,5,7-12H2,1H3. The lowest BCUT2D eigenvalue weighted by Crippen LogP contribution is -2.56. The molecule has 1 amide bonds. The third kappa shape index (κ3) is 2.99. The van der Waals surface area contributed by atoms with Crippen molar-refractivity contribution in [2.75, 3.05) is 51.2 Å². The molecule has 4 rings (SSSR count). The molecular formula is C17H26N6O. The van der Waals surface area contributed by atoms with Gasteiger partial charge in [-0.05, 0) is 32.1 Å². The van der Waals surface area contributed by atoms with Crippen LogP contribution in [-0.4, -0.2) is 79.1 Å². The molecular weight excluding hydrogens is 304 g/mol. The van der Waals surface area contributed by atoms with E-state index in [0.29, 0.717) is 12.0 Å². The number of pyridine rings is 1. The minimum absolute atomic E-state index is 0.0980. The smallest absolute Gasteiger partial charge is 0.241 e. The molecule has 1 aromatic rings. The van der Waals surface area contributed by atoms with Gasteiger partial charge in [0.1, 0.15) is 11.9 Å². The second kappa shape index (κ2) is 6.66. The maximum Gasteiger partial charge on any atom is 0.241 e. The molecule has 0 aromatic carbocycles. The maximum atomic E-state index is 13.0.